The maximum Gasteiger partial charge on any atom is 0.0964 e. The molecule has 0 saturated carbocycles. The second kappa shape index (κ2) is 6.25. The van der Waals surface area contributed by atoms with Gasteiger partial charge in [-0.2, -0.15) is 0 Å². The van der Waals surface area contributed by atoms with Gasteiger partial charge < -0.3 is 10.8 Å². The summed E-state index contributed by atoms with van der Waals surface area (Å²) in [6.07, 6.45) is -0.623. The van der Waals surface area contributed by atoms with Gasteiger partial charge in [-0.15, -0.1) is 11.3 Å². The van der Waals surface area contributed by atoms with Crippen LogP contribution in [0.2, 0.25) is 10.0 Å². The second-order valence-corrected chi connectivity index (χ2v) is 6.19. The van der Waals surface area contributed by atoms with Crippen LogP contribution in [0.4, 0.5) is 0 Å². The predicted octanol–water partition coefficient (Wildman–Crippen LogP) is 4.14. The quantitative estimate of drug-likeness (QED) is 0.890. The highest BCUT2D eigenvalue weighted by molar-refractivity contribution is 7.10. The van der Waals surface area contributed by atoms with Crippen LogP contribution in [0.15, 0.2) is 29.6 Å². The molecule has 2 aromatic rings. The van der Waals surface area contributed by atoms with E-state index in [9.17, 15) is 5.11 Å². The molecule has 0 aliphatic heterocycles. The Balaban J connectivity index is 2.34. The van der Waals surface area contributed by atoms with Gasteiger partial charge in [0.25, 0.3) is 0 Å². The number of aliphatic hydroxyl groups excluding tert-OH is 1. The zero-order valence-corrected chi connectivity index (χ0v) is 12.8. The Morgan fingerprint density at radius 3 is 2.53 bits per heavy atom. The number of aryl methyl sites for hydroxylation is 1. The third-order valence-electron chi connectivity index (χ3n) is 3.18. The number of hydrogen-bond donors (Lipinski definition) is 2. The number of thiophene rings is 1. The highest BCUT2D eigenvalue weighted by Crippen LogP contribution is 2.36. The Labute approximate surface area is 126 Å². The summed E-state index contributed by atoms with van der Waals surface area (Å²) in [7, 11) is 0. The SMILES string of the molecule is Cc1ccsc1C(O)C(CN)c1ccc(Cl)c(Cl)c1. The van der Waals surface area contributed by atoms with Crippen molar-refractivity contribution in [1.29, 1.82) is 0 Å². The van der Waals surface area contributed by atoms with Crippen LogP contribution >= 0.6 is 34.5 Å². The van der Waals surface area contributed by atoms with Crippen LogP contribution in [0.3, 0.4) is 0 Å². The zero-order chi connectivity index (χ0) is 14.0. The van der Waals surface area contributed by atoms with Crippen molar-refractivity contribution in [2.75, 3.05) is 6.54 Å². The van der Waals surface area contributed by atoms with Crippen molar-refractivity contribution in [3.05, 3.63) is 55.7 Å². The van der Waals surface area contributed by atoms with Gasteiger partial charge in [0.1, 0.15) is 0 Å². The van der Waals surface area contributed by atoms with E-state index in [0.717, 1.165) is 16.0 Å². The summed E-state index contributed by atoms with van der Waals surface area (Å²) in [4.78, 5) is 0.946. The lowest BCUT2D eigenvalue weighted by Crippen LogP contribution is -2.20. The molecule has 1 heterocycles. The van der Waals surface area contributed by atoms with E-state index in [0.29, 0.717) is 16.6 Å². The average Bonchev–Trinajstić information content (AvgIpc) is 2.80. The summed E-state index contributed by atoms with van der Waals surface area (Å²) in [6.45, 7) is 2.33. The molecule has 2 rings (SSSR count). The first kappa shape index (κ1) is 14.8. The van der Waals surface area contributed by atoms with Crippen molar-refractivity contribution in [2.24, 2.45) is 5.73 Å². The number of rotatable bonds is 4. The maximum atomic E-state index is 10.5. The van der Waals surface area contributed by atoms with Crippen LogP contribution in [0.25, 0.3) is 0 Å². The Morgan fingerprint density at radius 2 is 2.00 bits per heavy atom. The normalized spacial score (nSPS) is 14.4. The van der Waals surface area contributed by atoms with Crippen LogP contribution in [0, 0.1) is 6.92 Å². The standard InChI is InChI=1S/C14H15Cl2NOS/c1-8-4-5-19-14(8)13(18)10(7-17)9-2-3-11(15)12(16)6-9/h2-6,10,13,18H,7,17H2,1H3. The molecule has 2 atom stereocenters. The molecule has 0 aliphatic carbocycles. The number of hydrogen-bond acceptors (Lipinski definition) is 3. The largest absolute Gasteiger partial charge is 0.387 e. The van der Waals surface area contributed by atoms with Crippen molar-refractivity contribution >= 4 is 34.5 Å². The van der Waals surface area contributed by atoms with E-state index < -0.39 is 6.10 Å². The predicted molar refractivity (Wildman–Crippen MR) is 82.3 cm³/mol. The Bertz CT molecular complexity index is 570. The fourth-order valence-corrected chi connectivity index (χ4v) is 3.34. The second-order valence-electron chi connectivity index (χ2n) is 4.43. The van der Waals surface area contributed by atoms with E-state index in [2.05, 4.69) is 0 Å². The lowest BCUT2D eigenvalue weighted by atomic mass is 9.91. The third-order valence-corrected chi connectivity index (χ3v) is 5.01. The van der Waals surface area contributed by atoms with Gasteiger partial charge in [-0.25, -0.2) is 0 Å². The maximum absolute atomic E-state index is 10.5. The molecule has 19 heavy (non-hydrogen) atoms. The minimum absolute atomic E-state index is 0.188. The highest BCUT2D eigenvalue weighted by Gasteiger charge is 2.24. The molecule has 0 radical (unpaired) electrons. The van der Waals surface area contributed by atoms with Gasteiger partial charge in [0, 0.05) is 17.3 Å². The molecule has 2 unspecified atom stereocenters. The molecule has 1 aromatic carbocycles. The molecule has 0 bridgehead atoms. The Kier molecular flexibility index (Phi) is 4.87. The topological polar surface area (TPSA) is 46.2 Å². The summed E-state index contributed by atoms with van der Waals surface area (Å²) < 4.78 is 0. The summed E-state index contributed by atoms with van der Waals surface area (Å²) >= 11 is 13.5. The van der Waals surface area contributed by atoms with E-state index in [1.54, 1.807) is 12.1 Å². The van der Waals surface area contributed by atoms with Crippen LogP contribution in [0.1, 0.15) is 28.0 Å². The molecule has 0 saturated heterocycles. The molecule has 2 nitrogen and oxygen atoms in total. The lowest BCUT2D eigenvalue weighted by Gasteiger charge is -2.22. The third kappa shape index (κ3) is 3.12. The average molecular weight is 316 g/mol. The summed E-state index contributed by atoms with van der Waals surface area (Å²) in [5.74, 6) is -0.188. The molecule has 5 heteroatoms. The van der Waals surface area contributed by atoms with Gasteiger partial charge >= 0.3 is 0 Å². The van der Waals surface area contributed by atoms with E-state index in [-0.39, 0.29) is 5.92 Å². The first-order chi connectivity index (χ1) is 9.04. The van der Waals surface area contributed by atoms with Crippen molar-refractivity contribution < 1.29 is 5.11 Å². The van der Waals surface area contributed by atoms with Gasteiger partial charge in [0.2, 0.25) is 0 Å². The molecule has 0 spiro atoms. The van der Waals surface area contributed by atoms with E-state index >= 15 is 0 Å². The van der Waals surface area contributed by atoms with Gasteiger partial charge in [0.05, 0.1) is 16.1 Å². The molecular formula is C14H15Cl2NOS. The van der Waals surface area contributed by atoms with Crippen molar-refractivity contribution in [2.45, 2.75) is 18.9 Å². The van der Waals surface area contributed by atoms with Crippen LogP contribution in [-0.4, -0.2) is 11.7 Å². The van der Waals surface area contributed by atoms with Gasteiger partial charge in [-0.1, -0.05) is 29.3 Å². The van der Waals surface area contributed by atoms with Crippen LogP contribution in [0.5, 0.6) is 0 Å². The number of halogens is 2. The first-order valence-corrected chi connectivity index (χ1v) is 7.55. The highest BCUT2D eigenvalue weighted by atomic mass is 35.5. The molecule has 0 amide bonds. The van der Waals surface area contributed by atoms with Crippen molar-refractivity contribution in [1.82, 2.24) is 0 Å². The van der Waals surface area contributed by atoms with Crippen LogP contribution in [-0.2, 0) is 0 Å². The molecular weight excluding hydrogens is 301 g/mol. The van der Waals surface area contributed by atoms with Gasteiger partial charge in [0.15, 0.2) is 0 Å². The molecule has 0 fully saturated rings. The summed E-state index contributed by atoms with van der Waals surface area (Å²) in [6, 6.07) is 7.35. The van der Waals surface area contributed by atoms with E-state index in [4.69, 9.17) is 28.9 Å². The Hall–Kier alpha value is -0.580. The van der Waals surface area contributed by atoms with Crippen molar-refractivity contribution in [3.63, 3.8) is 0 Å². The molecule has 3 N–H and O–H groups in total. The zero-order valence-electron chi connectivity index (χ0n) is 10.4. The minimum Gasteiger partial charge on any atom is -0.387 e. The lowest BCUT2D eigenvalue weighted by molar-refractivity contribution is 0.150. The minimum atomic E-state index is -0.623. The number of aliphatic hydroxyl groups is 1. The van der Waals surface area contributed by atoms with Crippen molar-refractivity contribution in [3.8, 4) is 0 Å². The fourth-order valence-electron chi connectivity index (χ4n) is 2.06. The molecule has 0 aliphatic rings. The van der Waals surface area contributed by atoms with E-state index in [1.807, 2.05) is 24.4 Å². The van der Waals surface area contributed by atoms with Gasteiger partial charge in [-0.3, -0.25) is 0 Å². The molecule has 1 aromatic heterocycles. The Morgan fingerprint density at radius 1 is 1.26 bits per heavy atom. The smallest absolute Gasteiger partial charge is 0.0964 e. The summed E-state index contributed by atoms with van der Waals surface area (Å²) in [5.41, 5.74) is 7.80. The van der Waals surface area contributed by atoms with Gasteiger partial charge in [-0.05, 0) is 41.6 Å². The monoisotopic (exact) mass is 315 g/mol. The van der Waals surface area contributed by atoms with E-state index in [1.165, 1.54) is 11.3 Å². The fraction of sp³-hybridized carbons (Fsp3) is 0.286. The number of benzene rings is 1. The van der Waals surface area contributed by atoms with Crippen LogP contribution < -0.4 is 5.73 Å². The number of nitrogens with two attached hydrogens (primary N) is 1. The first-order valence-electron chi connectivity index (χ1n) is 5.91. The molecule has 102 valence electrons. The summed E-state index contributed by atoms with van der Waals surface area (Å²) in [5, 5.41) is 13.5.